The first-order valence-corrected chi connectivity index (χ1v) is 6.20. The van der Waals surface area contributed by atoms with Gasteiger partial charge >= 0.3 is 10.1 Å². The zero-order valence-electron chi connectivity index (χ0n) is 8.69. The van der Waals surface area contributed by atoms with Crippen molar-refractivity contribution in [3.63, 3.8) is 0 Å². The van der Waals surface area contributed by atoms with Gasteiger partial charge in [-0.05, 0) is 12.1 Å². The zero-order valence-corrected chi connectivity index (χ0v) is 9.50. The van der Waals surface area contributed by atoms with Gasteiger partial charge in [-0.25, -0.2) is 0 Å². The molecule has 2 rings (SSSR count). The lowest BCUT2D eigenvalue weighted by Crippen LogP contribution is -2.31. The van der Waals surface area contributed by atoms with E-state index in [1.54, 1.807) is 30.6 Å². The number of hydrogen-bond acceptors (Lipinski definition) is 3. The monoisotopic (exact) mass is 252 g/mol. The summed E-state index contributed by atoms with van der Waals surface area (Å²) in [5.74, 6) is -0.226. The van der Waals surface area contributed by atoms with Crippen LogP contribution >= 0.6 is 0 Å². The Labute approximate surface area is 98.3 Å². The molecule has 0 saturated carbocycles. The average Bonchev–Trinajstić information content (AvgIpc) is 2.28. The first-order valence-electron chi connectivity index (χ1n) is 4.76. The molecular formula is C11H10NO4S+. The van der Waals surface area contributed by atoms with E-state index in [9.17, 15) is 13.5 Å². The third-order valence-electron chi connectivity index (χ3n) is 2.23. The number of phenolic OH excluding ortho intramolecular Hbond substituents is 1. The molecule has 88 valence electrons. The Hall–Kier alpha value is -1.92. The highest BCUT2D eigenvalue weighted by Crippen LogP contribution is 2.24. The van der Waals surface area contributed by atoms with E-state index in [0.717, 1.165) is 0 Å². The van der Waals surface area contributed by atoms with Crippen LogP contribution in [0.5, 0.6) is 5.75 Å². The Balaban J connectivity index is 2.78. The highest BCUT2D eigenvalue weighted by Gasteiger charge is 2.25. The number of nitrogens with zero attached hydrogens (tertiary/aromatic N) is 1. The molecule has 0 amide bonds. The van der Waals surface area contributed by atoms with Crippen molar-refractivity contribution in [3.8, 4) is 11.4 Å². The predicted octanol–water partition coefficient (Wildman–Crippen LogP) is 0.916. The first-order chi connectivity index (χ1) is 8.00. The molecule has 0 radical (unpaired) electrons. The largest absolute Gasteiger partial charge is 0.502 e. The fourth-order valence-corrected chi connectivity index (χ4v) is 2.23. The molecule has 6 heteroatoms. The molecule has 0 bridgehead atoms. The summed E-state index contributed by atoms with van der Waals surface area (Å²) in [5.41, 5.74) is 0.0237. The second-order valence-electron chi connectivity index (χ2n) is 3.38. The van der Waals surface area contributed by atoms with Crippen LogP contribution in [0.15, 0.2) is 53.7 Å². The van der Waals surface area contributed by atoms with Crippen LogP contribution in [-0.4, -0.2) is 18.1 Å². The van der Waals surface area contributed by atoms with Gasteiger partial charge in [-0.3, -0.25) is 4.55 Å². The van der Waals surface area contributed by atoms with Crippen molar-refractivity contribution in [3.05, 3.63) is 48.8 Å². The Bertz CT molecular complexity index is 638. The van der Waals surface area contributed by atoms with Crippen molar-refractivity contribution in [2.24, 2.45) is 0 Å². The quantitative estimate of drug-likeness (QED) is 0.615. The van der Waals surface area contributed by atoms with Crippen LogP contribution in [0, 0.1) is 0 Å². The van der Waals surface area contributed by atoms with Crippen molar-refractivity contribution in [1.29, 1.82) is 0 Å². The van der Waals surface area contributed by atoms with Crippen LogP contribution < -0.4 is 4.57 Å². The van der Waals surface area contributed by atoms with Crippen molar-refractivity contribution in [1.82, 2.24) is 0 Å². The topological polar surface area (TPSA) is 78.5 Å². The van der Waals surface area contributed by atoms with E-state index in [1.807, 2.05) is 0 Å². The summed E-state index contributed by atoms with van der Waals surface area (Å²) in [4.78, 5) is -0.339. The molecule has 5 nitrogen and oxygen atoms in total. The highest BCUT2D eigenvalue weighted by atomic mass is 32.2. The predicted molar refractivity (Wildman–Crippen MR) is 59.5 cm³/mol. The third-order valence-corrected chi connectivity index (χ3v) is 3.11. The van der Waals surface area contributed by atoms with Gasteiger partial charge in [0, 0.05) is 12.1 Å². The van der Waals surface area contributed by atoms with Gasteiger partial charge in [0.2, 0.25) is 0 Å². The number of benzene rings is 1. The molecule has 0 aliphatic rings. The number of phenols is 1. The molecule has 2 aromatic rings. The maximum absolute atomic E-state index is 11.2. The van der Waals surface area contributed by atoms with Gasteiger partial charge in [-0.2, -0.15) is 13.0 Å². The summed E-state index contributed by atoms with van der Waals surface area (Å²) in [7, 11) is -4.38. The maximum atomic E-state index is 11.2. The van der Waals surface area contributed by atoms with Crippen LogP contribution in [0.3, 0.4) is 0 Å². The molecule has 0 aliphatic heterocycles. The van der Waals surface area contributed by atoms with Crippen LogP contribution in [0.4, 0.5) is 0 Å². The third kappa shape index (κ3) is 2.27. The van der Waals surface area contributed by atoms with Crippen LogP contribution in [0.2, 0.25) is 0 Å². The van der Waals surface area contributed by atoms with Gasteiger partial charge < -0.3 is 5.11 Å². The number of pyridine rings is 1. The molecule has 0 unspecified atom stereocenters. The van der Waals surface area contributed by atoms with Gasteiger partial charge in [0.15, 0.2) is 23.0 Å². The summed E-state index contributed by atoms with van der Waals surface area (Å²) < 4.78 is 32.9. The van der Waals surface area contributed by atoms with E-state index in [2.05, 4.69) is 0 Å². The van der Waals surface area contributed by atoms with Gasteiger partial charge in [0.1, 0.15) is 0 Å². The molecule has 2 N–H and O–H groups in total. The number of rotatable bonds is 2. The molecule has 0 fully saturated rings. The maximum Gasteiger partial charge on any atom is 0.301 e. The zero-order chi connectivity index (χ0) is 12.5. The fraction of sp³-hybridized carbons (Fsp3) is 0. The number of aromatic nitrogens is 1. The molecule has 0 atom stereocenters. The smallest absolute Gasteiger partial charge is 0.301 e. The van der Waals surface area contributed by atoms with Gasteiger partial charge in [0.25, 0.3) is 5.69 Å². The van der Waals surface area contributed by atoms with Crippen molar-refractivity contribution >= 4 is 10.1 Å². The van der Waals surface area contributed by atoms with E-state index in [1.165, 1.54) is 22.8 Å². The van der Waals surface area contributed by atoms with E-state index in [0.29, 0.717) is 0 Å². The molecule has 1 aromatic carbocycles. The molecule has 0 saturated heterocycles. The Morgan fingerprint density at radius 2 is 1.65 bits per heavy atom. The summed E-state index contributed by atoms with van der Waals surface area (Å²) in [5, 5.41) is 9.71. The minimum absolute atomic E-state index is 0.0237. The molecule has 1 aromatic heterocycles. The van der Waals surface area contributed by atoms with E-state index in [-0.39, 0.29) is 16.3 Å². The fourth-order valence-electron chi connectivity index (χ4n) is 1.53. The molecule has 0 aliphatic carbocycles. The second kappa shape index (κ2) is 4.15. The van der Waals surface area contributed by atoms with Crippen LogP contribution in [0.25, 0.3) is 5.69 Å². The van der Waals surface area contributed by atoms with Crippen molar-refractivity contribution < 1.29 is 22.6 Å². The van der Waals surface area contributed by atoms with Gasteiger partial charge in [0.05, 0.1) is 0 Å². The normalized spacial score (nSPS) is 11.4. The molecule has 17 heavy (non-hydrogen) atoms. The lowest BCUT2D eigenvalue weighted by molar-refractivity contribution is -0.598. The number of hydrogen-bond donors (Lipinski definition) is 2. The Kier molecular flexibility index (Phi) is 2.83. The lowest BCUT2D eigenvalue weighted by Gasteiger charge is -2.03. The Morgan fingerprint density at radius 3 is 2.24 bits per heavy atom. The highest BCUT2D eigenvalue weighted by molar-refractivity contribution is 7.86. The summed E-state index contributed by atoms with van der Waals surface area (Å²) in [6.45, 7) is 0. The number of aromatic hydroxyl groups is 1. The molecule has 0 spiro atoms. The Morgan fingerprint density at radius 1 is 1.00 bits per heavy atom. The van der Waals surface area contributed by atoms with E-state index >= 15 is 0 Å². The summed E-state index contributed by atoms with van der Waals surface area (Å²) in [6.07, 6.45) is 3.15. The summed E-state index contributed by atoms with van der Waals surface area (Å²) >= 11 is 0. The SMILES string of the molecule is O=S(=O)(O)c1cccc(O)c1-[n+]1ccccc1. The van der Waals surface area contributed by atoms with Crippen LogP contribution in [0.1, 0.15) is 0 Å². The number of para-hydroxylation sites is 1. The van der Waals surface area contributed by atoms with E-state index < -0.39 is 10.1 Å². The van der Waals surface area contributed by atoms with Gasteiger partial charge in [-0.15, -0.1) is 0 Å². The van der Waals surface area contributed by atoms with Crippen molar-refractivity contribution in [2.45, 2.75) is 4.90 Å². The minimum Gasteiger partial charge on any atom is -0.502 e. The molecule has 1 heterocycles. The minimum atomic E-state index is -4.38. The lowest BCUT2D eigenvalue weighted by atomic mass is 10.3. The van der Waals surface area contributed by atoms with Crippen LogP contribution in [-0.2, 0) is 10.1 Å². The van der Waals surface area contributed by atoms with Crippen molar-refractivity contribution in [2.75, 3.05) is 0 Å². The van der Waals surface area contributed by atoms with Gasteiger partial charge in [-0.1, -0.05) is 12.1 Å². The average molecular weight is 252 g/mol. The standard InChI is InChI=1S/C11H9NO4S/c13-9-5-4-6-10(17(14,15)16)11(9)12-7-2-1-3-8-12/h1-8H,(H-,13,14,15,16)/p+1. The second-order valence-corrected chi connectivity index (χ2v) is 4.77. The first kappa shape index (κ1) is 11.6. The molecular weight excluding hydrogens is 242 g/mol. The van der Waals surface area contributed by atoms with E-state index in [4.69, 9.17) is 4.55 Å². The summed E-state index contributed by atoms with van der Waals surface area (Å²) in [6, 6.07) is 9.05.